The largest absolute Gasteiger partial charge is 0.278 e. The molecular weight excluding hydrogens is 199 g/mol. The molecule has 0 saturated carbocycles. The number of aromatic nitrogens is 1. The molecule has 0 fully saturated rings. The second kappa shape index (κ2) is 3.27. The van der Waals surface area contributed by atoms with E-state index in [2.05, 4.69) is 4.98 Å². The van der Waals surface area contributed by atoms with Gasteiger partial charge in [-0.2, -0.15) is 0 Å². The van der Waals surface area contributed by atoms with Crippen LogP contribution < -0.4 is 0 Å². The summed E-state index contributed by atoms with van der Waals surface area (Å²) >= 11 is 0. The van der Waals surface area contributed by atoms with Crippen molar-refractivity contribution in [3.63, 3.8) is 0 Å². The van der Waals surface area contributed by atoms with Crippen LogP contribution in [0.4, 0.5) is 10.1 Å². The van der Waals surface area contributed by atoms with E-state index in [9.17, 15) is 14.5 Å². The monoisotopic (exact) mass is 206 g/mol. The first kappa shape index (κ1) is 9.51. The Labute approximate surface area is 84.5 Å². The van der Waals surface area contributed by atoms with E-state index in [1.807, 2.05) is 0 Å². The van der Waals surface area contributed by atoms with Crippen molar-refractivity contribution in [2.45, 2.75) is 6.92 Å². The summed E-state index contributed by atoms with van der Waals surface area (Å²) < 4.78 is 13.2. The molecule has 2 rings (SSSR count). The number of fused-ring (bicyclic) bond motifs is 1. The quantitative estimate of drug-likeness (QED) is 0.532. The lowest BCUT2D eigenvalue weighted by atomic mass is 10.1. The zero-order valence-corrected chi connectivity index (χ0v) is 7.90. The maximum atomic E-state index is 13.2. The molecule has 4 nitrogen and oxygen atoms in total. The molecule has 0 aliphatic rings. The van der Waals surface area contributed by atoms with E-state index in [0.29, 0.717) is 5.52 Å². The number of nitro groups is 1. The van der Waals surface area contributed by atoms with E-state index in [-0.39, 0.29) is 16.8 Å². The van der Waals surface area contributed by atoms with Crippen LogP contribution in [0, 0.1) is 22.9 Å². The summed E-state index contributed by atoms with van der Waals surface area (Å²) in [6, 6.07) is 5.63. The van der Waals surface area contributed by atoms with E-state index in [0.717, 1.165) is 6.07 Å². The van der Waals surface area contributed by atoms with Crippen molar-refractivity contribution in [3.8, 4) is 0 Å². The molecule has 1 aromatic heterocycles. The first-order chi connectivity index (χ1) is 7.09. The number of aryl methyl sites for hydroxylation is 1. The third-order valence-corrected chi connectivity index (χ3v) is 2.16. The fraction of sp³-hybridized carbons (Fsp3) is 0.100. The maximum absolute atomic E-state index is 13.2. The van der Waals surface area contributed by atoms with Crippen molar-refractivity contribution < 1.29 is 9.31 Å². The van der Waals surface area contributed by atoms with E-state index >= 15 is 0 Å². The molecule has 0 bridgehead atoms. The average molecular weight is 206 g/mol. The number of nitro benzene ring substituents is 1. The molecule has 0 saturated heterocycles. The SMILES string of the molecule is Cc1nc2cccc([N+](=O)[O-])c2cc1F. The van der Waals surface area contributed by atoms with Gasteiger partial charge in [-0.3, -0.25) is 10.1 Å². The minimum atomic E-state index is -0.543. The highest BCUT2D eigenvalue weighted by molar-refractivity contribution is 5.87. The van der Waals surface area contributed by atoms with Crippen molar-refractivity contribution in [1.82, 2.24) is 4.98 Å². The highest BCUT2D eigenvalue weighted by Crippen LogP contribution is 2.25. The molecule has 15 heavy (non-hydrogen) atoms. The van der Waals surface area contributed by atoms with Gasteiger partial charge < -0.3 is 0 Å². The van der Waals surface area contributed by atoms with Gasteiger partial charge in [0.1, 0.15) is 5.82 Å². The predicted molar refractivity (Wildman–Crippen MR) is 53.1 cm³/mol. The van der Waals surface area contributed by atoms with E-state index < -0.39 is 10.7 Å². The van der Waals surface area contributed by atoms with Crippen LogP contribution in [-0.4, -0.2) is 9.91 Å². The minimum Gasteiger partial charge on any atom is -0.258 e. The van der Waals surface area contributed by atoms with Gasteiger partial charge >= 0.3 is 0 Å². The molecule has 0 N–H and O–H groups in total. The van der Waals surface area contributed by atoms with Crippen molar-refractivity contribution in [3.05, 3.63) is 45.9 Å². The van der Waals surface area contributed by atoms with Gasteiger partial charge in [0, 0.05) is 6.07 Å². The Morgan fingerprint density at radius 2 is 2.20 bits per heavy atom. The summed E-state index contributed by atoms with van der Waals surface area (Å²) in [4.78, 5) is 14.1. The predicted octanol–water partition coefficient (Wildman–Crippen LogP) is 2.59. The smallest absolute Gasteiger partial charge is 0.258 e. The molecule has 5 heteroatoms. The number of non-ortho nitro benzene ring substituents is 1. The fourth-order valence-corrected chi connectivity index (χ4v) is 1.41. The van der Waals surface area contributed by atoms with Gasteiger partial charge in [0.15, 0.2) is 0 Å². The standard InChI is InChI=1S/C10H7FN2O2/c1-6-8(11)5-7-9(12-6)3-2-4-10(7)13(14)15/h2-5H,1H3. The van der Waals surface area contributed by atoms with Crippen LogP contribution in [0.5, 0.6) is 0 Å². The van der Waals surface area contributed by atoms with E-state index in [1.54, 1.807) is 6.07 Å². The lowest BCUT2D eigenvalue weighted by Crippen LogP contribution is -1.94. The average Bonchev–Trinajstić information content (AvgIpc) is 2.18. The summed E-state index contributed by atoms with van der Waals surface area (Å²) in [5.74, 6) is -0.531. The molecule has 0 spiro atoms. The van der Waals surface area contributed by atoms with Gasteiger partial charge in [-0.1, -0.05) is 6.07 Å². The summed E-state index contributed by atoms with van der Waals surface area (Å²) in [6.07, 6.45) is 0. The zero-order valence-electron chi connectivity index (χ0n) is 7.90. The molecule has 0 amide bonds. The van der Waals surface area contributed by atoms with Gasteiger partial charge in [0.2, 0.25) is 0 Å². The number of rotatable bonds is 1. The molecule has 0 radical (unpaired) electrons. The number of nitrogens with zero attached hydrogens (tertiary/aromatic N) is 2. The Balaban J connectivity index is 2.86. The Morgan fingerprint density at radius 3 is 2.87 bits per heavy atom. The molecule has 1 aromatic carbocycles. The van der Waals surface area contributed by atoms with Crippen LogP contribution in [0.1, 0.15) is 5.69 Å². The summed E-state index contributed by atoms with van der Waals surface area (Å²) in [5.41, 5.74) is 0.546. The number of hydrogen-bond donors (Lipinski definition) is 0. The van der Waals surface area contributed by atoms with Crippen LogP contribution in [0.2, 0.25) is 0 Å². The van der Waals surface area contributed by atoms with Gasteiger partial charge in [0.05, 0.1) is 21.5 Å². The number of pyridine rings is 1. The van der Waals surface area contributed by atoms with E-state index in [1.165, 1.54) is 19.1 Å². The lowest BCUT2D eigenvalue weighted by molar-refractivity contribution is -0.383. The van der Waals surface area contributed by atoms with Gasteiger partial charge in [-0.25, -0.2) is 9.37 Å². The van der Waals surface area contributed by atoms with Crippen LogP contribution in [-0.2, 0) is 0 Å². The maximum Gasteiger partial charge on any atom is 0.278 e. The van der Waals surface area contributed by atoms with Crippen molar-refractivity contribution in [2.75, 3.05) is 0 Å². The first-order valence-electron chi connectivity index (χ1n) is 4.30. The Morgan fingerprint density at radius 1 is 1.47 bits per heavy atom. The van der Waals surface area contributed by atoms with Crippen LogP contribution in [0.3, 0.4) is 0 Å². The van der Waals surface area contributed by atoms with Gasteiger partial charge in [-0.05, 0) is 19.1 Å². The molecule has 0 unspecified atom stereocenters. The molecule has 1 heterocycles. The van der Waals surface area contributed by atoms with E-state index in [4.69, 9.17) is 0 Å². The molecule has 0 aliphatic carbocycles. The number of halogens is 1. The molecule has 76 valence electrons. The lowest BCUT2D eigenvalue weighted by Gasteiger charge is -2.01. The molecular formula is C10H7FN2O2. The molecule has 2 aromatic rings. The third-order valence-electron chi connectivity index (χ3n) is 2.16. The summed E-state index contributed by atoms with van der Waals surface area (Å²) in [7, 11) is 0. The van der Waals surface area contributed by atoms with Crippen molar-refractivity contribution >= 4 is 16.6 Å². The fourth-order valence-electron chi connectivity index (χ4n) is 1.41. The molecule has 0 aliphatic heterocycles. The topological polar surface area (TPSA) is 56.0 Å². The Kier molecular flexibility index (Phi) is 2.07. The van der Waals surface area contributed by atoms with Crippen LogP contribution in [0.15, 0.2) is 24.3 Å². The first-order valence-corrected chi connectivity index (χ1v) is 4.30. The normalized spacial score (nSPS) is 10.5. The Bertz CT molecular complexity index is 554. The zero-order chi connectivity index (χ0) is 11.0. The third kappa shape index (κ3) is 1.52. The highest BCUT2D eigenvalue weighted by Gasteiger charge is 2.13. The van der Waals surface area contributed by atoms with Crippen LogP contribution >= 0.6 is 0 Å². The van der Waals surface area contributed by atoms with Crippen molar-refractivity contribution in [2.24, 2.45) is 0 Å². The summed E-state index contributed by atoms with van der Waals surface area (Å²) in [6.45, 7) is 1.52. The van der Waals surface area contributed by atoms with Crippen molar-refractivity contribution in [1.29, 1.82) is 0 Å². The molecule has 0 atom stereocenters. The van der Waals surface area contributed by atoms with Crippen LogP contribution in [0.25, 0.3) is 10.9 Å². The second-order valence-corrected chi connectivity index (χ2v) is 3.16. The van der Waals surface area contributed by atoms with Gasteiger partial charge in [0.25, 0.3) is 5.69 Å². The second-order valence-electron chi connectivity index (χ2n) is 3.16. The number of benzene rings is 1. The summed E-state index contributed by atoms with van der Waals surface area (Å²) in [5, 5.41) is 10.9. The van der Waals surface area contributed by atoms with Gasteiger partial charge in [-0.15, -0.1) is 0 Å². The number of hydrogen-bond acceptors (Lipinski definition) is 3. The Hall–Kier alpha value is -2.04. The minimum absolute atomic E-state index is 0.126. The highest BCUT2D eigenvalue weighted by atomic mass is 19.1.